The molecule has 1 saturated heterocycles. The highest BCUT2D eigenvalue weighted by Crippen LogP contribution is 2.30. The van der Waals surface area contributed by atoms with Crippen LogP contribution < -0.4 is 0 Å². The lowest BCUT2D eigenvalue weighted by Crippen LogP contribution is -2.52. The van der Waals surface area contributed by atoms with Crippen LogP contribution in [-0.4, -0.2) is 54.6 Å². The number of nitrogens with zero attached hydrogens (tertiary/aromatic N) is 1. The van der Waals surface area contributed by atoms with Gasteiger partial charge < -0.3 is 14.6 Å². The molecule has 1 aliphatic heterocycles. The maximum absolute atomic E-state index is 11.3. The Balaban J connectivity index is 2.80. The van der Waals surface area contributed by atoms with Crippen molar-refractivity contribution in [3.8, 4) is 0 Å². The molecule has 0 saturated carbocycles. The van der Waals surface area contributed by atoms with Gasteiger partial charge in [0.15, 0.2) is 0 Å². The molecule has 0 amide bonds. The number of hydrogen-bond acceptors (Lipinski definition) is 5. The number of carbonyl (C=O) groups excluding carboxylic acids is 1. The van der Waals surface area contributed by atoms with Crippen LogP contribution in [0.2, 0.25) is 0 Å². The Bertz CT molecular complexity index is 256. The van der Waals surface area contributed by atoms with Gasteiger partial charge in [-0.25, -0.2) is 0 Å². The summed E-state index contributed by atoms with van der Waals surface area (Å²) in [6.07, 6.45) is -0.142. The molecule has 0 aliphatic carbocycles. The molecule has 5 heteroatoms. The second-order valence-corrected chi connectivity index (χ2v) is 4.80. The first kappa shape index (κ1) is 13.4. The monoisotopic (exact) mass is 231 g/mol. The SMILES string of the molecule is COC(=O)CN1[C@@H](C(C)C)OC[C@@]1(C)CO. The van der Waals surface area contributed by atoms with E-state index in [1.165, 1.54) is 7.11 Å². The van der Waals surface area contributed by atoms with Gasteiger partial charge in [0.2, 0.25) is 0 Å². The van der Waals surface area contributed by atoms with Crippen molar-refractivity contribution >= 4 is 5.97 Å². The molecule has 1 N–H and O–H groups in total. The van der Waals surface area contributed by atoms with Crippen LogP contribution in [-0.2, 0) is 14.3 Å². The van der Waals surface area contributed by atoms with Gasteiger partial charge in [0.05, 0.1) is 32.4 Å². The second-order valence-electron chi connectivity index (χ2n) is 4.80. The van der Waals surface area contributed by atoms with Gasteiger partial charge in [-0.05, 0) is 12.8 Å². The molecule has 1 fully saturated rings. The third kappa shape index (κ3) is 2.53. The van der Waals surface area contributed by atoms with Gasteiger partial charge >= 0.3 is 5.97 Å². The molecule has 0 aromatic heterocycles. The van der Waals surface area contributed by atoms with Crippen molar-refractivity contribution in [2.45, 2.75) is 32.5 Å². The van der Waals surface area contributed by atoms with E-state index in [4.69, 9.17) is 4.74 Å². The van der Waals surface area contributed by atoms with E-state index in [2.05, 4.69) is 4.74 Å². The molecule has 16 heavy (non-hydrogen) atoms. The molecule has 94 valence electrons. The Hall–Kier alpha value is -0.650. The van der Waals surface area contributed by atoms with Crippen molar-refractivity contribution in [2.24, 2.45) is 5.92 Å². The number of methoxy groups -OCH3 is 1. The lowest BCUT2D eigenvalue weighted by Gasteiger charge is -2.35. The number of aliphatic hydroxyl groups is 1. The highest BCUT2D eigenvalue weighted by atomic mass is 16.5. The molecular weight excluding hydrogens is 210 g/mol. The van der Waals surface area contributed by atoms with E-state index in [0.717, 1.165) is 0 Å². The van der Waals surface area contributed by atoms with Crippen LogP contribution in [0.25, 0.3) is 0 Å². The Morgan fingerprint density at radius 2 is 2.31 bits per heavy atom. The summed E-state index contributed by atoms with van der Waals surface area (Å²) in [7, 11) is 1.36. The topological polar surface area (TPSA) is 59.0 Å². The zero-order valence-corrected chi connectivity index (χ0v) is 10.4. The molecule has 0 aromatic rings. The quantitative estimate of drug-likeness (QED) is 0.702. The minimum absolute atomic E-state index is 0.0345. The van der Waals surface area contributed by atoms with Crippen LogP contribution in [0.1, 0.15) is 20.8 Å². The maximum atomic E-state index is 11.3. The molecule has 1 aliphatic rings. The minimum Gasteiger partial charge on any atom is -0.468 e. The highest BCUT2D eigenvalue weighted by Gasteiger charge is 2.45. The number of carbonyl (C=O) groups is 1. The second kappa shape index (κ2) is 5.12. The minimum atomic E-state index is -0.497. The normalized spacial score (nSPS) is 31.0. The van der Waals surface area contributed by atoms with Gasteiger partial charge in [0.25, 0.3) is 0 Å². The third-order valence-electron chi connectivity index (χ3n) is 3.00. The van der Waals surface area contributed by atoms with Gasteiger partial charge in [-0.1, -0.05) is 13.8 Å². The molecular formula is C11H21NO4. The van der Waals surface area contributed by atoms with Crippen molar-refractivity contribution in [3.05, 3.63) is 0 Å². The molecule has 2 atom stereocenters. The fourth-order valence-electron chi connectivity index (χ4n) is 1.92. The lowest BCUT2D eigenvalue weighted by atomic mass is 10.0. The van der Waals surface area contributed by atoms with E-state index < -0.39 is 5.54 Å². The van der Waals surface area contributed by atoms with Crippen LogP contribution in [0.5, 0.6) is 0 Å². The van der Waals surface area contributed by atoms with Crippen LogP contribution in [0, 0.1) is 5.92 Å². The van der Waals surface area contributed by atoms with Crippen molar-refractivity contribution in [1.29, 1.82) is 0 Å². The first-order chi connectivity index (χ1) is 7.44. The van der Waals surface area contributed by atoms with E-state index in [1.54, 1.807) is 0 Å². The lowest BCUT2D eigenvalue weighted by molar-refractivity contribution is -0.145. The average molecular weight is 231 g/mol. The Kier molecular flexibility index (Phi) is 4.29. The van der Waals surface area contributed by atoms with Crippen LogP contribution in [0.15, 0.2) is 0 Å². The summed E-state index contributed by atoms with van der Waals surface area (Å²) in [5.41, 5.74) is -0.497. The molecule has 0 unspecified atom stereocenters. The zero-order valence-electron chi connectivity index (χ0n) is 10.4. The standard InChI is InChI=1S/C11H21NO4/c1-8(2)10-12(5-9(14)15-4)11(3,6-13)7-16-10/h8,10,13H,5-7H2,1-4H3/t10-,11-/m1/s1. The first-order valence-electron chi connectivity index (χ1n) is 5.50. The smallest absolute Gasteiger partial charge is 0.319 e. The van der Waals surface area contributed by atoms with E-state index in [9.17, 15) is 9.90 Å². The molecule has 1 heterocycles. The number of aliphatic hydroxyl groups excluding tert-OH is 1. The summed E-state index contributed by atoms with van der Waals surface area (Å²) in [6, 6.07) is 0. The van der Waals surface area contributed by atoms with Crippen LogP contribution >= 0.6 is 0 Å². The molecule has 1 rings (SSSR count). The predicted molar refractivity (Wildman–Crippen MR) is 58.8 cm³/mol. The molecule has 0 spiro atoms. The van der Waals surface area contributed by atoms with Crippen LogP contribution in [0.4, 0.5) is 0 Å². The summed E-state index contributed by atoms with van der Waals surface area (Å²) in [4.78, 5) is 13.2. The largest absolute Gasteiger partial charge is 0.468 e. The van der Waals surface area contributed by atoms with Crippen molar-refractivity contribution in [2.75, 3.05) is 26.9 Å². The third-order valence-corrected chi connectivity index (χ3v) is 3.00. The number of hydrogen-bond donors (Lipinski definition) is 1. The Labute approximate surface area is 96.3 Å². The van der Waals surface area contributed by atoms with Crippen molar-refractivity contribution in [3.63, 3.8) is 0 Å². The van der Waals surface area contributed by atoms with Gasteiger partial charge in [-0.3, -0.25) is 9.69 Å². The summed E-state index contributed by atoms with van der Waals surface area (Å²) in [6.45, 7) is 6.49. The number of rotatable bonds is 4. The summed E-state index contributed by atoms with van der Waals surface area (Å²) >= 11 is 0. The van der Waals surface area contributed by atoms with Gasteiger partial charge in [-0.15, -0.1) is 0 Å². The average Bonchev–Trinajstić information content (AvgIpc) is 2.57. The Morgan fingerprint density at radius 1 is 1.69 bits per heavy atom. The number of ether oxygens (including phenoxy) is 2. The fourth-order valence-corrected chi connectivity index (χ4v) is 1.92. The maximum Gasteiger partial charge on any atom is 0.319 e. The van der Waals surface area contributed by atoms with Crippen molar-refractivity contribution < 1.29 is 19.4 Å². The highest BCUT2D eigenvalue weighted by molar-refractivity contribution is 5.71. The fraction of sp³-hybridized carbons (Fsp3) is 0.909. The number of esters is 1. The van der Waals surface area contributed by atoms with Crippen LogP contribution in [0.3, 0.4) is 0 Å². The Morgan fingerprint density at radius 3 is 2.75 bits per heavy atom. The van der Waals surface area contributed by atoms with E-state index in [0.29, 0.717) is 6.61 Å². The van der Waals surface area contributed by atoms with Gasteiger partial charge in [-0.2, -0.15) is 0 Å². The molecule has 5 nitrogen and oxygen atoms in total. The van der Waals surface area contributed by atoms with E-state index in [1.807, 2.05) is 25.7 Å². The van der Waals surface area contributed by atoms with Crippen molar-refractivity contribution in [1.82, 2.24) is 4.90 Å². The van der Waals surface area contributed by atoms with Gasteiger partial charge in [0, 0.05) is 0 Å². The summed E-state index contributed by atoms with van der Waals surface area (Å²) < 4.78 is 10.3. The molecule has 0 radical (unpaired) electrons. The summed E-state index contributed by atoms with van der Waals surface area (Å²) in [5.74, 6) is -0.0474. The zero-order chi connectivity index (χ0) is 12.3. The summed E-state index contributed by atoms with van der Waals surface area (Å²) in [5, 5.41) is 9.41. The first-order valence-corrected chi connectivity index (χ1v) is 5.50. The predicted octanol–water partition coefficient (Wildman–Crippen LogP) is 0.225. The molecule has 0 bridgehead atoms. The van der Waals surface area contributed by atoms with E-state index >= 15 is 0 Å². The van der Waals surface area contributed by atoms with E-state index in [-0.39, 0.29) is 31.3 Å². The van der Waals surface area contributed by atoms with Gasteiger partial charge in [0.1, 0.15) is 6.23 Å². The molecule has 0 aromatic carbocycles.